The maximum atomic E-state index is 10.5. The first kappa shape index (κ1) is 15.2. The van der Waals surface area contributed by atoms with E-state index in [0.717, 1.165) is 10.0 Å². The van der Waals surface area contributed by atoms with Gasteiger partial charge in [-0.3, -0.25) is 4.68 Å². The predicted molar refractivity (Wildman–Crippen MR) is 83.4 cm³/mol. The third kappa shape index (κ3) is 3.69. The van der Waals surface area contributed by atoms with Crippen molar-refractivity contribution < 1.29 is 5.11 Å². The quantitative estimate of drug-likeness (QED) is 0.881. The van der Waals surface area contributed by atoms with E-state index in [-0.39, 0.29) is 0 Å². The van der Waals surface area contributed by atoms with Crippen molar-refractivity contribution in [3.63, 3.8) is 0 Å². The molecule has 20 heavy (non-hydrogen) atoms. The number of rotatable bonds is 5. The lowest BCUT2D eigenvalue weighted by Gasteiger charge is -2.22. The molecule has 4 nitrogen and oxygen atoms in total. The van der Waals surface area contributed by atoms with Gasteiger partial charge in [-0.05, 0) is 31.0 Å². The summed E-state index contributed by atoms with van der Waals surface area (Å²) >= 11 is 3.56. The van der Waals surface area contributed by atoms with Gasteiger partial charge in [-0.2, -0.15) is 5.10 Å². The molecule has 0 fully saturated rings. The van der Waals surface area contributed by atoms with Gasteiger partial charge in [0, 0.05) is 36.4 Å². The number of hydrogen-bond donors (Lipinski definition) is 2. The fourth-order valence-electron chi connectivity index (χ4n) is 2.04. The van der Waals surface area contributed by atoms with Crippen LogP contribution in [0.2, 0.25) is 0 Å². The highest BCUT2D eigenvalue weighted by atomic mass is 79.9. The molecule has 0 saturated heterocycles. The lowest BCUT2D eigenvalue weighted by Crippen LogP contribution is -2.34. The van der Waals surface area contributed by atoms with Gasteiger partial charge in [-0.1, -0.05) is 28.1 Å². The highest BCUT2D eigenvalue weighted by Crippen LogP contribution is 2.20. The third-order valence-corrected chi connectivity index (χ3v) is 4.06. The Morgan fingerprint density at radius 2 is 2.20 bits per heavy atom. The van der Waals surface area contributed by atoms with Crippen molar-refractivity contribution in [1.82, 2.24) is 15.1 Å². The first-order valence-corrected chi connectivity index (χ1v) is 7.35. The largest absolute Gasteiger partial charge is 0.384 e. The summed E-state index contributed by atoms with van der Waals surface area (Å²) in [5, 5.41) is 17.9. The van der Waals surface area contributed by atoms with Gasteiger partial charge in [0.1, 0.15) is 5.60 Å². The van der Waals surface area contributed by atoms with Crippen molar-refractivity contribution in [3.8, 4) is 0 Å². The molecule has 1 atom stereocenters. The molecule has 1 heterocycles. The summed E-state index contributed by atoms with van der Waals surface area (Å²) in [5.41, 5.74) is 2.29. The summed E-state index contributed by atoms with van der Waals surface area (Å²) in [5.74, 6) is 0. The van der Waals surface area contributed by atoms with Crippen molar-refractivity contribution in [2.75, 3.05) is 6.54 Å². The van der Waals surface area contributed by atoms with E-state index >= 15 is 0 Å². The molecule has 0 spiro atoms. The highest BCUT2D eigenvalue weighted by molar-refractivity contribution is 9.10. The summed E-state index contributed by atoms with van der Waals surface area (Å²) in [6.07, 6.45) is 3.53. The molecule has 108 valence electrons. The monoisotopic (exact) mass is 337 g/mol. The lowest BCUT2D eigenvalue weighted by atomic mass is 9.99. The molecule has 1 aromatic carbocycles. The van der Waals surface area contributed by atoms with Gasteiger partial charge < -0.3 is 10.4 Å². The number of nitrogens with zero attached hydrogens (tertiary/aromatic N) is 2. The SMILES string of the molecule is Cc1ccc(CNCC(C)(O)c2cnn(C)c2)c(Br)c1. The molecule has 0 aliphatic heterocycles. The van der Waals surface area contributed by atoms with E-state index in [2.05, 4.69) is 51.5 Å². The zero-order valence-electron chi connectivity index (χ0n) is 12.0. The second-order valence-electron chi connectivity index (χ2n) is 5.37. The molecule has 0 amide bonds. The van der Waals surface area contributed by atoms with Crippen molar-refractivity contribution in [2.45, 2.75) is 26.0 Å². The van der Waals surface area contributed by atoms with Crippen molar-refractivity contribution in [1.29, 1.82) is 0 Å². The van der Waals surface area contributed by atoms with Crippen LogP contribution in [0.3, 0.4) is 0 Å². The summed E-state index contributed by atoms with van der Waals surface area (Å²) in [7, 11) is 1.84. The Kier molecular flexibility index (Phi) is 4.62. The molecular weight excluding hydrogens is 318 g/mol. The van der Waals surface area contributed by atoms with E-state index in [4.69, 9.17) is 0 Å². The Balaban J connectivity index is 1.95. The van der Waals surface area contributed by atoms with Crippen LogP contribution in [-0.4, -0.2) is 21.4 Å². The maximum Gasteiger partial charge on any atom is 0.102 e. The molecule has 5 heteroatoms. The summed E-state index contributed by atoms with van der Waals surface area (Å²) in [6.45, 7) is 5.03. The van der Waals surface area contributed by atoms with Crippen LogP contribution < -0.4 is 5.32 Å². The van der Waals surface area contributed by atoms with Crippen LogP contribution in [0, 0.1) is 6.92 Å². The second-order valence-corrected chi connectivity index (χ2v) is 6.23. The minimum atomic E-state index is -0.925. The first-order chi connectivity index (χ1) is 9.38. The normalized spacial score (nSPS) is 14.2. The first-order valence-electron chi connectivity index (χ1n) is 6.56. The van der Waals surface area contributed by atoms with Gasteiger partial charge in [-0.15, -0.1) is 0 Å². The van der Waals surface area contributed by atoms with E-state index in [1.165, 1.54) is 11.1 Å². The molecule has 0 aliphatic carbocycles. The summed E-state index contributed by atoms with van der Waals surface area (Å²) in [4.78, 5) is 0. The van der Waals surface area contributed by atoms with Gasteiger partial charge >= 0.3 is 0 Å². The van der Waals surface area contributed by atoms with Crippen LogP contribution in [-0.2, 0) is 19.2 Å². The van der Waals surface area contributed by atoms with Crippen LogP contribution in [0.5, 0.6) is 0 Å². The minimum absolute atomic E-state index is 0.471. The second kappa shape index (κ2) is 6.08. The van der Waals surface area contributed by atoms with E-state index < -0.39 is 5.60 Å². The average Bonchev–Trinajstić information content (AvgIpc) is 2.79. The van der Waals surface area contributed by atoms with Gasteiger partial charge in [0.25, 0.3) is 0 Å². The molecule has 1 aromatic heterocycles. The summed E-state index contributed by atoms with van der Waals surface area (Å²) < 4.78 is 2.78. The van der Waals surface area contributed by atoms with Gasteiger partial charge in [0.05, 0.1) is 6.20 Å². The van der Waals surface area contributed by atoms with Crippen molar-refractivity contribution >= 4 is 15.9 Å². The van der Waals surface area contributed by atoms with E-state index in [1.807, 2.05) is 13.2 Å². The van der Waals surface area contributed by atoms with Crippen LogP contribution in [0.4, 0.5) is 0 Å². The Morgan fingerprint density at radius 1 is 1.45 bits per heavy atom. The number of benzene rings is 1. The molecule has 2 rings (SSSR count). The third-order valence-electron chi connectivity index (χ3n) is 3.32. The number of aromatic nitrogens is 2. The smallest absolute Gasteiger partial charge is 0.102 e. The molecular formula is C15H20BrN3O. The minimum Gasteiger partial charge on any atom is -0.384 e. The van der Waals surface area contributed by atoms with E-state index in [9.17, 15) is 5.11 Å². The number of halogens is 1. The maximum absolute atomic E-state index is 10.5. The fourth-order valence-corrected chi connectivity index (χ4v) is 2.67. The van der Waals surface area contributed by atoms with Crippen LogP contribution in [0.15, 0.2) is 35.1 Å². The average molecular weight is 338 g/mol. The molecule has 0 radical (unpaired) electrons. The Morgan fingerprint density at radius 3 is 2.80 bits per heavy atom. The van der Waals surface area contributed by atoms with Crippen LogP contribution in [0.25, 0.3) is 0 Å². The fraction of sp³-hybridized carbons (Fsp3) is 0.400. The molecule has 2 aromatic rings. The zero-order chi connectivity index (χ0) is 14.8. The lowest BCUT2D eigenvalue weighted by molar-refractivity contribution is 0.0566. The van der Waals surface area contributed by atoms with Crippen LogP contribution >= 0.6 is 15.9 Å². The molecule has 1 unspecified atom stereocenters. The standard InChI is InChI=1S/C15H20BrN3O/c1-11-4-5-12(14(16)6-11)7-17-10-15(2,20)13-8-18-19(3)9-13/h4-6,8-9,17,20H,7,10H2,1-3H3. The van der Waals surface area contributed by atoms with Crippen molar-refractivity contribution in [3.05, 3.63) is 51.8 Å². The molecule has 0 bridgehead atoms. The van der Waals surface area contributed by atoms with Gasteiger partial charge in [0.2, 0.25) is 0 Å². The van der Waals surface area contributed by atoms with Crippen LogP contribution in [0.1, 0.15) is 23.6 Å². The topological polar surface area (TPSA) is 50.1 Å². The number of aryl methyl sites for hydroxylation is 2. The Hall–Kier alpha value is -1.17. The number of hydrogen-bond acceptors (Lipinski definition) is 3. The number of aliphatic hydroxyl groups is 1. The van der Waals surface area contributed by atoms with Crippen molar-refractivity contribution in [2.24, 2.45) is 7.05 Å². The Labute approximate surface area is 127 Å². The number of nitrogens with one attached hydrogen (secondary N) is 1. The molecule has 0 saturated carbocycles. The predicted octanol–water partition coefficient (Wildman–Crippen LogP) is 2.49. The molecule has 0 aliphatic rings. The Bertz CT molecular complexity index is 593. The summed E-state index contributed by atoms with van der Waals surface area (Å²) in [6, 6.07) is 6.27. The van der Waals surface area contributed by atoms with Gasteiger partial charge in [0.15, 0.2) is 0 Å². The zero-order valence-corrected chi connectivity index (χ0v) is 13.6. The van der Waals surface area contributed by atoms with E-state index in [1.54, 1.807) is 17.8 Å². The molecule has 2 N–H and O–H groups in total. The highest BCUT2D eigenvalue weighted by Gasteiger charge is 2.24. The van der Waals surface area contributed by atoms with E-state index in [0.29, 0.717) is 13.1 Å². The van der Waals surface area contributed by atoms with Gasteiger partial charge in [-0.25, -0.2) is 0 Å².